The number of rotatable bonds is 5. The van der Waals surface area contributed by atoms with Gasteiger partial charge in [-0.05, 0) is 54.6 Å². The van der Waals surface area contributed by atoms with Crippen molar-refractivity contribution < 1.29 is 4.79 Å². The van der Waals surface area contributed by atoms with Gasteiger partial charge < -0.3 is 9.47 Å². The van der Waals surface area contributed by atoms with Crippen molar-refractivity contribution in [3.63, 3.8) is 0 Å². The average molecular weight is 411 g/mol. The summed E-state index contributed by atoms with van der Waals surface area (Å²) in [7, 11) is 4.02. The number of aromatic nitrogens is 1. The molecule has 0 bridgehead atoms. The van der Waals surface area contributed by atoms with Crippen molar-refractivity contribution >= 4 is 33.7 Å². The summed E-state index contributed by atoms with van der Waals surface area (Å²) in [4.78, 5) is 14.2. The third kappa shape index (κ3) is 4.21. The predicted octanol–water partition coefficient (Wildman–Crippen LogP) is 4.07. The lowest BCUT2D eigenvalue weighted by Crippen LogP contribution is -2.17. The van der Waals surface area contributed by atoms with E-state index in [2.05, 4.69) is 43.5 Å². The van der Waals surface area contributed by atoms with Gasteiger partial charge in [-0.1, -0.05) is 22.0 Å². The Morgan fingerprint density at radius 3 is 2.58 bits per heavy atom. The standard InChI is InChI=1S/C20H19BrN4O/c1-24(2)17-8-10-18(11-9-17)25-12-4-7-19(25)14-22-23-20(26)15-5-3-6-16(21)13-15/h3-14H,1-2H3,(H,23,26)/b22-14-. The summed E-state index contributed by atoms with van der Waals surface area (Å²) in [6.45, 7) is 0. The fourth-order valence-electron chi connectivity index (χ4n) is 2.50. The first kappa shape index (κ1) is 17.9. The number of nitrogens with zero attached hydrogens (tertiary/aromatic N) is 3. The van der Waals surface area contributed by atoms with Crippen molar-refractivity contribution in [2.75, 3.05) is 19.0 Å². The lowest BCUT2D eigenvalue weighted by atomic mass is 10.2. The molecule has 0 aliphatic rings. The minimum atomic E-state index is -0.254. The highest BCUT2D eigenvalue weighted by Gasteiger charge is 2.05. The lowest BCUT2D eigenvalue weighted by molar-refractivity contribution is 0.0955. The van der Waals surface area contributed by atoms with E-state index in [4.69, 9.17) is 0 Å². The van der Waals surface area contributed by atoms with E-state index in [1.807, 2.05) is 61.3 Å². The Balaban J connectivity index is 1.72. The third-order valence-electron chi connectivity index (χ3n) is 3.87. The summed E-state index contributed by atoms with van der Waals surface area (Å²) in [6.07, 6.45) is 3.60. The van der Waals surface area contributed by atoms with Gasteiger partial charge in [-0.2, -0.15) is 5.10 Å². The zero-order valence-corrected chi connectivity index (χ0v) is 16.1. The SMILES string of the molecule is CN(C)c1ccc(-n2cccc2/C=N\NC(=O)c2cccc(Br)c2)cc1. The van der Waals surface area contributed by atoms with E-state index in [1.165, 1.54) is 0 Å². The van der Waals surface area contributed by atoms with E-state index in [0.29, 0.717) is 5.56 Å². The maximum absolute atomic E-state index is 12.1. The summed E-state index contributed by atoms with van der Waals surface area (Å²) in [5, 5.41) is 4.08. The second-order valence-electron chi connectivity index (χ2n) is 5.92. The molecule has 6 heteroatoms. The number of amides is 1. The second-order valence-corrected chi connectivity index (χ2v) is 6.84. The third-order valence-corrected chi connectivity index (χ3v) is 4.37. The van der Waals surface area contributed by atoms with Crippen molar-refractivity contribution in [1.29, 1.82) is 0 Å². The Labute approximate surface area is 161 Å². The minimum Gasteiger partial charge on any atom is -0.378 e. The number of benzene rings is 2. The topological polar surface area (TPSA) is 49.6 Å². The number of carbonyl (C=O) groups excluding carboxylic acids is 1. The fraction of sp³-hybridized carbons (Fsp3) is 0.100. The van der Waals surface area contributed by atoms with Crippen molar-refractivity contribution in [2.24, 2.45) is 5.10 Å². The molecule has 5 nitrogen and oxygen atoms in total. The van der Waals surface area contributed by atoms with E-state index < -0.39 is 0 Å². The summed E-state index contributed by atoms with van der Waals surface area (Å²) in [6, 6.07) is 19.3. The number of hydrogen-bond donors (Lipinski definition) is 1. The highest BCUT2D eigenvalue weighted by molar-refractivity contribution is 9.10. The number of anilines is 1. The van der Waals surface area contributed by atoms with Crippen LogP contribution in [0.2, 0.25) is 0 Å². The molecular weight excluding hydrogens is 392 g/mol. The van der Waals surface area contributed by atoms with Gasteiger partial charge in [0, 0.05) is 41.7 Å². The molecule has 2 aromatic carbocycles. The van der Waals surface area contributed by atoms with Crippen LogP contribution in [-0.2, 0) is 0 Å². The van der Waals surface area contributed by atoms with Crippen molar-refractivity contribution in [3.8, 4) is 5.69 Å². The molecule has 0 saturated carbocycles. The first-order chi connectivity index (χ1) is 12.5. The van der Waals surface area contributed by atoms with E-state index in [-0.39, 0.29) is 5.91 Å². The van der Waals surface area contributed by atoms with Crippen LogP contribution in [0.5, 0.6) is 0 Å². The van der Waals surface area contributed by atoms with Gasteiger partial charge in [0.1, 0.15) is 0 Å². The van der Waals surface area contributed by atoms with Crippen molar-refractivity contribution in [3.05, 3.63) is 82.6 Å². The number of nitrogens with one attached hydrogen (secondary N) is 1. The van der Waals surface area contributed by atoms with Gasteiger partial charge in [-0.3, -0.25) is 4.79 Å². The normalized spacial score (nSPS) is 10.9. The molecular formula is C20H19BrN4O. The fourth-order valence-corrected chi connectivity index (χ4v) is 2.90. The predicted molar refractivity (Wildman–Crippen MR) is 109 cm³/mol. The molecule has 0 atom stereocenters. The van der Waals surface area contributed by atoms with Gasteiger partial charge in [0.25, 0.3) is 5.91 Å². The highest BCUT2D eigenvalue weighted by atomic mass is 79.9. The Morgan fingerprint density at radius 1 is 1.12 bits per heavy atom. The average Bonchev–Trinajstić information content (AvgIpc) is 3.10. The van der Waals surface area contributed by atoms with Crippen molar-refractivity contribution in [2.45, 2.75) is 0 Å². The molecule has 1 N–H and O–H groups in total. The monoisotopic (exact) mass is 410 g/mol. The molecule has 0 aliphatic heterocycles. The molecule has 0 aliphatic carbocycles. The largest absolute Gasteiger partial charge is 0.378 e. The number of hydrazone groups is 1. The van der Waals surface area contributed by atoms with Crippen LogP contribution in [0.1, 0.15) is 16.1 Å². The molecule has 1 heterocycles. The molecule has 0 unspecified atom stereocenters. The van der Waals surface area contributed by atoms with Crippen LogP contribution >= 0.6 is 15.9 Å². The Hall–Kier alpha value is -2.86. The van der Waals surface area contributed by atoms with Crippen LogP contribution in [0, 0.1) is 0 Å². The molecule has 1 amide bonds. The van der Waals surface area contributed by atoms with E-state index >= 15 is 0 Å². The number of hydrogen-bond acceptors (Lipinski definition) is 3. The van der Waals surface area contributed by atoms with Crippen LogP contribution in [0.15, 0.2) is 76.4 Å². The first-order valence-corrected chi connectivity index (χ1v) is 8.88. The summed E-state index contributed by atoms with van der Waals surface area (Å²) < 4.78 is 2.86. The molecule has 1 aromatic heterocycles. The molecule has 0 radical (unpaired) electrons. The van der Waals surface area contributed by atoms with Gasteiger partial charge in [0.05, 0.1) is 11.9 Å². The van der Waals surface area contributed by atoms with Crippen LogP contribution in [0.3, 0.4) is 0 Å². The van der Waals surface area contributed by atoms with Crippen molar-refractivity contribution in [1.82, 2.24) is 9.99 Å². The van der Waals surface area contributed by atoms with Gasteiger partial charge >= 0.3 is 0 Å². The summed E-state index contributed by atoms with van der Waals surface area (Å²) in [5.74, 6) is -0.254. The van der Waals surface area contributed by atoms with Gasteiger partial charge in [0.15, 0.2) is 0 Å². The van der Waals surface area contributed by atoms with E-state index in [9.17, 15) is 4.79 Å². The molecule has 0 fully saturated rings. The Morgan fingerprint density at radius 2 is 1.88 bits per heavy atom. The molecule has 132 valence electrons. The zero-order chi connectivity index (χ0) is 18.5. The number of carbonyl (C=O) groups is 1. The van der Waals surface area contributed by atoms with Crippen LogP contribution < -0.4 is 10.3 Å². The molecule has 0 saturated heterocycles. The van der Waals surface area contributed by atoms with Gasteiger partial charge in [0.2, 0.25) is 0 Å². The summed E-state index contributed by atoms with van der Waals surface area (Å²) >= 11 is 3.35. The highest BCUT2D eigenvalue weighted by Crippen LogP contribution is 2.17. The summed E-state index contributed by atoms with van der Waals surface area (Å²) in [5.41, 5.74) is 6.14. The first-order valence-electron chi connectivity index (χ1n) is 8.09. The molecule has 26 heavy (non-hydrogen) atoms. The second kappa shape index (κ2) is 8.01. The molecule has 3 aromatic rings. The smallest absolute Gasteiger partial charge is 0.271 e. The molecule has 3 rings (SSSR count). The van der Waals surface area contributed by atoms with Gasteiger partial charge in [-0.15, -0.1) is 0 Å². The van der Waals surface area contributed by atoms with Gasteiger partial charge in [-0.25, -0.2) is 5.43 Å². The maximum atomic E-state index is 12.1. The lowest BCUT2D eigenvalue weighted by Gasteiger charge is -2.13. The van der Waals surface area contributed by atoms with E-state index in [1.54, 1.807) is 18.3 Å². The Bertz CT molecular complexity index is 929. The van der Waals surface area contributed by atoms with Crippen LogP contribution in [0.4, 0.5) is 5.69 Å². The number of halogens is 1. The Kier molecular flexibility index (Phi) is 5.53. The minimum absolute atomic E-state index is 0.254. The quantitative estimate of drug-likeness (QED) is 0.508. The van der Waals surface area contributed by atoms with Crippen LogP contribution in [0.25, 0.3) is 5.69 Å². The maximum Gasteiger partial charge on any atom is 0.271 e. The van der Waals surface area contributed by atoms with E-state index in [0.717, 1.165) is 21.5 Å². The molecule has 0 spiro atoms. The van der Waals surface area contributed by atoms with Crippen LogP contribution in [-0.4, -0.2) is 30.8 Å². The zero-order valence-electron chi connectivity index (χ0n) is 14.6.